The van der Waals surface area contributed by atoms with E-state index in [0.717, 1.165) is 0 Å². The molecule has 0 amide bonds. The van der Waals surface area contributed by atoms with Crippen molar-refractivity contribution in [1.82, 2.24) is 0 Å². The van der Waals surface area contributed by atoms with Gasteiger partial charge in [0.25, 0.3) is 0 Å². The van der Waals surface area contributed by atoms with Gasteiger partial charge in [-0.2, -0.15) is 0 Å². The number of hydrogen-bond donors (Lipinski definition) is 0. The standard InChI is InChI=1S/C8H10/c1-3-7-5-6-8(7)4-2/h1,4,7-8H,2,5-6H2/t7-,8+/m0/s1. The van der Waals surface area contributed by atoms with Crippen LogP contribution in [0.25, 0.3) is 0 Å². The number of hydrogen-bond acceptors (Lipinski definition) is 0. The van der Waals surface area contributed by atoms with Crippen LogP contribution >= 0.6 is 0 Å². The molecule has 2 atom stereocenters. The maximum atomic E-state index is 5.20. The highest BCUT2D eigenvalue weighted by atomic mass is 14.3. The molecular weight excluding hydrogens is 96.1 g/mol. The summed E-state index contributed by atoms with van der Waals surface area (Å²) in [6.45, 7) is 3.69. The van der Waals surface area contributed by atoms with Crippen LogP contribution in [-0.2, 0) is 0 Å². The fourth-order valence-electron chi connectivity index (χ4n) is 1.01. The molecular formula is C8H10. The first-order chi connectivity index (χ1) is 3.88. The normalized spacial score (nSPS) is 34.9. The van der Waals surface area contributed by atoms with Gasteiger partial charge in [0.15, 0.2) is 0 Å². The minimum atomic E-state index is 0.507. The first kappa shape index (κ1) is 5.44. The quantitative estimate of drug-likeness (QED) is 0.353. The van der Waals surface area contributed by atoms with Crippen LogP contribution in [0, 0.1) is 24.2 Å². The van der Waals surface area contributed by atoms with Gasteiger partial charge in [-0.1, -0.05) is 6.08 Å². The molecule has 8 heavy (non-hydrogen) atoms. The average molecular weight is 106 g/mol. The number of terminal acetylenes is 1. The van der Waals surface area contributed by atoms with Gasteiger partial charge in [0.1, 0.15) is 0 Å². The third kappa shape index (κ3) is 0.648. The second kappa shape index (κ2) is 2.05. The molecule has 0 bridgehead atoms. The molecule has 1 aliphatic carbocycles. The Kier molecular flexibility index (Phi) is 1.39. The Hall–Kier alpha value is -0.700. The minimum Gasteiger partial charge on any atom is -0.120 e. The zero-order chi connectivity index (χ0) is 5.98. The van der Waals surface area contributed by atoms with Gasteiger partial charge in [0, 0.05) is 5.92 Å². The molecule has 1 fully saturated rings. The fourth-order valence-corrected chi connectivity index (χ4v) is 1.01. The third-order valence-electron chi connectivity index (χ3n) is 1.84. The van der Waals surface area contributed by atoms with Crippen LogP contribution in [0.3, 0.4) is 0 Å². The van der Waals surface area contributed by atoms with Crippen LogP contribution in [0.15, 0.2) is 12.7 Å². The molecule has 0 aliphatic heterocycles. The summed E-state index contributed by atoms with van der Waals surface area (Å²) < 4.78 is 0. The smallest absolute Gasteiger partial charge is 0.0263 e. The summed E-state index contributed by atoms with van der Waals surface area (Å²) in [5, 5.41) is 0. The molecule has 1 rings (SSSR count). The van der Waals surface area contributed by atoms with Crippen molar-refractivity contribution < 1.29 is 0 Å². The van der Waals surface area contributed by atoms with Gasteiger partial charge in [-0.3, -0.25) is 0 Å². The second-order valence-electron chi connectivity index (χ2n) is 2.25. The van der Waals surface area contributed by atoms with Crippen molar-refractivity contribution in [3.8, 4) is 12.3 Å². The van der Waals surface area contributed by atoms with Crippen LogP contribution in [0.2, 0.25) is 0 Å². The molecule has 0 aromatic carbocycles. The lowest BCUT2D eigenvalue weighted by atomic mass is 9.74. The van der Waals surface area contributed by atoms with Crippen LogP contribution in [0.4, 0.5) is 0 Å². The summed E-state index contributed by atoms with van der Waals surface area (Å²) in [4.78, 5) is 0. The molecule has 42 valence electrons. The van der Waals surface area contributed by atoms with Crippen LogP contribution in [0.5, 0.6) is 0 Å². The monoisotopic (exact) mass is 106 g/mol. The van der Waals surface area contributed by atoms with Gasteiger partial charge in [0.2, 0.25) is 0 Å². The van der Waals surface area contributed by atoms with E-state index < -0.39 is 0 Å². The SMILES string of the molecule is C#C[C@H]1CC[C@H]1C=C. The van der Waals surface area contributed by atoms with Gasteiger partial charge >= 0.3 is 0 Å². The van der Waals surface area contributed by atoms with E-state index in [4.69, 9.17) is 6.42 Å². The molecule has 1 aliphatic rings. The Morgan fingerprint density at radius 3 is 2.50 bits per heavy atom. The molecule has 0 radical (unpaired) electrons. The van der Waals surface area contributed by atoms with Crippen molar-refractivity contribution in [1.29, 1.82) is 0 Å². The van der Waals surface area contributed by atoms with Crippen molar-refractivity contribution in [2.45, 2.75) is 12.8 Å². The molecule has 0 N–H and O–H groups in total. The second-order valence-corrected chi connectivity index (χ2v) is 2.25. The van der Waals surface area contributed by atoms with Gasteiger partial charge in [-0.25, -0.2) is 0 Å². The summed E-state index contributed by atoms with van der Waals surface area (Å²) in [5.41, 5.74) is 0. The average Bonchev–Trinajstić information content (AvgIpc) is 1.66. The van der Waals surface area contributed by atoms with E-state index in [-0.39, 0.29) is 0 Å². The van der Waals surface area contributed by atoms with E-state index in [9.17, 15) is 0 Å². The zero-order valence-electron chi connectivity index (χ0n) is 4.93. The van der Waals surface area contributed by atoms with Crippen LogP contribution in [0.1, 0.15) is 12.8 Å². The lowest BCUT2D eigenvalue weighted by Gasteiger charge is -2.29. The van der Waals surface area contributed by atoms with E-state index >= 15 is 0 Å². The minimum absolute atomic E-state index is 0.507. The zero-order valence-corrected chi connectivity index (χ0v) is 4.93. The molecule has 0 nitrogen and oxygen atoms in total. The lowest BCUT2D eigenvalue weighted by Crippen LogP contribution is -2.21. The van der Waals surface area contributed by atoms with Crippen molar-refractivity contribution in [2.75, 3.05) is 0 Å². The van der Waals surface area contributed by atoms with E-state index in [0.29, 0.717) is 11.8 Å². The number of allylic oxidation sites excluding steroid dienone is 1. The number of rotatable bonds is 1. The Balaban J connectivity index is 2.40. The van der Waals surface area contributed by atoms with Crippen molar-refractivity contribution in [3.05, 3.63) is 12.7 Å². The van der Waals surface area contributed by atoms with Crippen LogP contribution in [-0.4, -0.2) is 0 Å². The molecule has 0 heteroatoms. The Bertz CT molecular complexity index is 127. The highest BCUT2D eigenvalue weighted by Gasteiger charge is 2.25. The summed E-state index contributed by atoms with van der Waals surface area (Å²) in [6, 6.07) is 0. The predicted octanol–water partition coefficient (Wildman–Crippen LogP) is 1.83. The predicted molar refractivity (Wildman–Crippen MR) is 35.2 cm³/mol. The third-order valence-corrected chi connectivity index (χ3v) is 1.84. The molecule has 0 aromatic rings. The first-order valence-corrected chi connectivity index (χ1v) is 2.97. The van der Waals surface area contributed by atoms with E-state index in [2.05, 4.69) is 12.5 Å². The van der Waals surface area contributed by atoms with E-state index in [1.807, 2.05) is 6.08 Å². The topological polar surface area (TPSA) is 0 Å². The molecule has 0 aromatic heterocycles. The molecule has 0 spiro atoms. The summed E-state index contributed by atoms with van der Waals surface area (Å²) in [7, 11) is 0. The van der Waals surface area contributed by atoms with E-state index in [1.54, 1.807) is 0 Å². The molecule has 0 unspecified atom stereocenters. The Labute approximate surface area is 50.6 Å². The van der Waals surface area contributed by atoms with Gasteiger partial charge in [-0.15, -0.1) is 18.9 Å². The summed E-state index contributed by atoms with van der Waals surface area (Å²) in [5.74, 6) is 3.86. The maximum Gasteiger partial charge on any atom is 0.0263 e. The summed E-state index contributed by atoms with van der Waals surface area (Å²) >= 11 is 0. The largest absolute Gasteiger partial charge is 0.120 e. The first-order valence-electron chi connectivity index (χ1n) is 2.97. The van der Waals surface area contributed by atoms with Crippen molar-refractivity contribution in [2.24, 2.45) is 11.8 Å². The Morgan fingerprint density at radius 1 is 1.62 bits per heavy atom. The highest BCUT2D eigenvalue weighted by Crippen LogP contribution is 2.33. The maximum absolute atomic E-state index is 5.20. The fraction of sp³-hybridized carbons (Fsp3) is 0.500. The lowest BCUT2D eigenvalue weighted by molar-refractivity contribution is 0.298. The van der Waals surface area contributed by atoms with Gasteiger partial charge in [-0.05, 0) is 18.8 Å². The Morgan fingerprint density at radius 2 is 2.38 bits per heavy atom. The van der Waals surface area contributed by atoms with Crippen molar-refractivity contribution >= 4 is 0 Å². The van der Waals surface area contributed by atoms with Gasteiger partial charge in [0.05, 0.1) is 0 Å². The molecule has 0 saturated heterocycles. The summed E-state index contributed by atoms with van der Waals surface area (Å²) in [6.07, 6.45) is 9.62. The highest BCUT2D eigenvalue weighted by molar-refractivity contribution is 5.06. The molecule has 0 heterocycles. The molecule has 1 saturated carbocycles. The van der Waals surface area contributed by atoms with Crippen molar-refractivity contribution in [3.63, 3.8) is 0 Å². The van der Waals surface area contributed by atoms with Crippen LogP contribution < -0.4 is 0 Å². The van der Waals surface area contributed by atoms with E-state index in [1.165, 1.54) is 12.8 Å². The van der Waals surface area contributed by atoms with Gasteiger partial charge < -0.3 is 0 Å².